The third-order valence-electron chi connectivity index (χ3n) is 2.90. The monoisotopic (exact) mass is 211 g/mol. The lowest BCUT2D eigenvalue weighted by atomic mass is 9.88. The van der Waals surface area contributed by atoms with E-state index in [9.17, 15) is 4.79 Å². The summed E-state index contributed by atoms with van der Waals surface area (Å²) in [7, 11) is 0. The lowest BCUT2D eigenvalue weighted by molar-refractivity contribution is -0.135. The summed E-state index contributed by atoms with van der Waals surface area (Å²) in [6, 6.07) is 0. The highest BCUT2D eigenvalue weighted by Gasteiger charge is 2.27. The van der Waals surface area contributed by atoms with Gasteiger partial charge in [0.1, 0.15) is 0 Å². The third kappa shape index (κ3) is 4.23. The van der Waals surface area contributed by atoms with E-state index in [0.29, 0.717) is 24.2 Å². The molecule has 0 saturated carbocycles. The predicted octanol–water partition coefficient (Wildman–Crippen LogP) is 2.93. The molecule has 2 nitrogen and oxygen atoms in total. The van der Waals surface area contributed by atoms with Crippen LogP contribution in [0.5, 0.6) is 0 Å². The fourth-order valence-electron chi connectivity index (χ4n) is 2.43. The van der Waals surface area contributed by atoms with E-state index in [4.69, 9.17) is 0 Å². The minimum atomic E-state index is 0.112. The maximum absolute atomic E-state index is 12.0. The Labute approximate surface area is 94.0 Å². The van der Waals surface area contributed by atoms with Crippen LogP contribution in [0.4, 0.5) is 0 Å². The van der Waals surface area contributed by atoms with Crippen molar-refractivity contribution in [1.82, 2.24) is 4.90 Å². The molecule has 1 amide bonds. The molecule has 0 radical (unpaired) electrons. The number of rotatable bonds is 1. The molecule has 1 rings (SSSR count). The summed E-state index contributed by atoms with van der Waals surface area (Å²) in [4.78, 5) is 14.1. The summed E-state index contributed by atoms with van der Waals surface area (Å²) in [5.74, 6) is 1.66. The topological polar surface area (TPSA) is 20.3 Å². The van der Waals surface area contributed by atoms with E-state index in [2.05, 4.69) is 39.5 Å². The summed E-state index contributed by atoms with van der Waals surface area (Å²) >= 11 is 0. The van der Waals surface area contributed by atoms with Gasteiger partial charge in [0.25, 0.3) is 0 Å². The average Bonchev–Trinajstić information content (AvgIpc) is 1.98. The SMILES string of the molecule is C[C@@H]1C[C@@H](C)CN(C(=O)CC(C)(C)C)C1. The normalized spacial score (nSPS) is 27.9. The van der Waals surface area contributed by atoms with Crippen LogP contribution in [0.2, 0.25) is 0 Å². The number of hydrogen-bond acceptors (Lipinski definition) is 1. The Morgan fingerprint density at radius 1 is 1.20 bits per heavy atom. The van der Waals surface area contributed by atoms with E-state index in [1.165, 1.54) is 6.42 Å². The van der Waals surface area contributed by atoms with Crippen LogP contribution in [-0.4, -0.2) is 23.9 Å². The molecule has 0 aliphatic carbocycles. The molecule has 0 spiro atoms. The van der Waals surface area contributed by atoms with Crippen molar-refractivity contribution in [1.29, 1.82) is 0 Å². The summed E-state index contributed by atoms with van der Waals surface area (Å²) < 4.78 is 0. The van der Waals surface area contributed by atoms with Crippen LogP contribution in [-0.2, 0) is 4.79 Å². The van der Waals surface area contributed by atoms with Crippen molar-refractivity contribution >= 4 is 5.91 Å². The molecule has 0 aromatic carbocycles. The Bertz CT molecular complexity index is 219. The van der Waals surface area contributed by atoms with Gasteiger partial charge in [-0.05, 0) is 23.7 Å². The van der Waals surface area contributed by atoms with E-state index in [1.807, 2.05) is 0 Å². The maximum atomic E-state index is 12.0. The summed E-state index contributed by atoms with van der Waals surface area (Å²) in [5, 5.41) is 0. The first-order chi connectivity index (χ1) is 6.78. The quantitative estimate of drug-likeness (QED) is 0.653. The molecule has 2 atom stereocenters. The number of carbonyl (C=O) groups excluding carboxylic acids is 1. The van der Waals surface area contributed by atoms with E-state index >= 15 is 0 Å². The molecule has 0 unspecified atom stereocenters. The first-order valence-corrected chi connectivity index (χ1v) is 6.05. The molecular weight excluding hydrogens is 186 g/mol. The van der Waals surface area contributed by atoms with Crippen molar-refractivity contribution in [3.8, 4) is 0 Å². The molecule has 1 heterocycles. The molecular formula is C13H25NO. The van der Waals surface area contributed by atoms with Crippen LogP contribution >= 0.6 is 0 Å². The maximum Gasteiger partial charge on any atom is 0.223 e. The Morgan fingerprint density at radius 2 is 1.67 bits per heavy atom. The molecule has 88 valence electrons. The van der Waals surface area contributed by atoms with Gasteiger partial charge in [-0.3, -0.25) is 4.79 Å². The average molecular weight is 211 g/mol. The predicted molar refractivity (Wildman–Crippen MR) is 63.6 cm³/mol. The smallest absolute Gasteiger partial charge is 0.223 e. The Hall–Kier alpha value is -0.530. The third-order valence-corrected chi connectivity index (χ3v) is 2.90. The van der Waals surface area contributed by atoms with E-state index < -0.39 is 0 Å². The molecule has 1 aliphatic heterocycles. The van der Waals surface area contributed by atoms with Gasteiger partial charge in [-0.15, -0.1) is 0 Å². The van der Waals surface area contributed by atoms with Crippen LogP contribution in [0, 0.1) is 17.3 Å². The number of hydrogen-bond donors (Lipinski definition) is 0. The molecule has 15 heavy (non-hydrogen) atoms. The highest BCUT2D eigenvalue weighted by Crippen LogP contribution is 2.25. The first kappa shape index (κ1) is 12.5. The van der Waals surface area contributed by atoms with Gasteiger partial charge in [0.2, 0.25) is 5.91 Å². The highest BCUT2D eigenvalue weighted by molar-refractivity contribution is 5.76. The standard InChI is InChI=1S/C13H25NO/c1-10-6-11(2)9-14(8-10)12(15)7-13(3,4)5/h10-11H,6-9H2,1-5H3/t10-,11-/m1/s1. The fourth-order valence-corrected chi connectivity index (χ4v) is 2.43. The Balaban J connectivity index is 2.52. The number of likely N-dealkylation sites (tertiary alicyclic amines) is 1. The number of amides is 1. The largest absolute Gasteiger partial charge is 0.342 e. The van der Waals surface area contributed by atoms with Crippen molar-refractivity contribution < 1.29 is 4.79 Å². The number of carbonyl (C=O) groups is 1. The highest BCUT2D eigenvalue weighted by atomic mass is 16.2. The van der Waals surface area contributed by atoms with Crippen LogP contribution in [0.1, 0.15) is 47.5 Å². The van der Waals surface area contributed by atoms with Crippen LogP contribution in [0.3, 0.4) is 0 Å². The second kappa shape index (κ2) is 4.54. The van der Waals surface area contributed by atoms with Crippen molar-refractivity contribution in [2.24, 2.45) is 17.3 Å². The van der Waals surface area contributed by atoms with Gasteiger partial charge in [0, 0.05) is 19.5 Å². The van der Waals surface area contributed by atoms with Crippen molar-refractivity contribution in [2.75, 3.05) is 13.1 Å². The minimum Gasteiger partial charge on any atom is -0.342 e. The van der Waals surface area contributed by atoms with Crippen molar-refractivity contribution in [2.45, 2.75) is 47.5 Å². The second-order valence-corrected chi connectivity index (χ2v) is 6.48. The van der Waals surface area contributed by atoms with Gasteiger partial charge in [-0.25, -0.2) is 0 Å². The van der Waals surface area contributed by atoms with Gasteiger partial charge in [-0.1, -0.05) is 34.6 Å². The Morgan fingerprint density at radius 3 is 2.07 bits per heavy atom. The zero-order valence-corrected chi connectivity index (χ0v) is 10.8. The lowest BCUT2D eigenvalue weighted by Gasteiger charge is -2.36. The van der Waals surface area contributed by atoms with Crippen molar-refractivity contribution in [3.05, 3.63) is 0 Å². The molecule has 0 aromatic heterocycles. The van der Waals surface area contributed by atoms with E-state index in [0.717, 1.165) is 13.1 Å². The van der Waals surface area contributed by atoms with Crippen LogP contribution in [0.15, 0.2) is 0 Å². The van der Waals surface area contributed by atoms with Gasteiger partial charge in [0.15, 0.2) is 0 Å². The van der Waals surface area contributed by atoms with E-state index in [1.54, 1.807) is 0 Å². The summed E-state index contributed by atoms with van der Waals surface area (Å²) in [6.45, 7) is 12.8. The Kier molecular flexibility index (Phi) is 3.80. The van der Waals surface area contributed by atoms with Gasteiger partial charge >= 0.3 is 0 Å². The van der Waals surface area contributed by atoms with Crippen LogP contribution < -0.4 is 0 Å². The van der Waals surface area contributed by atoms with Crippen LogP contribution in [0.25, 0.3) is 0 Å². The van der Waals surface area contributed by atoms with Gasteiger partial charge < -0.3 is 4.90 Å². The van der Waals surface area contributed by atoms with Gasteiger partial charge in [0.05, 0.1) is 0 Å². The number of nitrogens with zero attached hydrogens (tertiary/aromatic N) is 1. The molecule has 0 N–H and O–H groups in total. The molecule has 1 aliphatic rings. The minimum absolute atomic E-state index is 0.112. The summed E-state index contributed by atoms with van der Waals surface area (Å²) in [6.07, 6.45) is 1.94. The molecule has 0 bridgehead atoms. The molecule has 2 heteroatoms. The fraction of sp³-hybridized carbons (Fsp3) is 0.923. The molecule has 0 aromatic rings. The zero-order valence-electron chi connectivity index (χ0n) is 10.8. The van der Waals surface area contributed by atoms with Gasteiger partial charge in [-0.2, -0.15) is 0 Å². The first-order valence-electron chi connectivity index (χ1n) is 6.05. The second-order valence-electron chi connectivity index (χ2n) is 6.48. The van der Waals surface area contributed by atoms with E-state index in [-0.39, 0.29) is 5.41 Å². The number of piperidine rings is 1. The molecule has 1 saturated heterocycles. The summed E-state index contributed by atoms with van der Waals surface area (Å²) in [5.41, 5.74) is 0.112. The lowest BCUT2D eigenvalue weighted by Crippen LogP contribution is -2.43. The zero-order chi connectivity index (χ0) is 11.6. The van der Waals surface area contributed by atoms with Crippen molar-refractivity contribution in [3.63, 3.8) is 0 Å². The molecule has 1 fully saturated rings.